The first-order valence-electron chi connectivity index (χ1n) is 8.36. The highest BCUT2D eigenvalue weighted by atomic mass is 15.2. The van der Waals surface area contributed by atoms with E-state index in [0.717, 1.165) is 25.4 Å². The van der Waals surface area contributed by atoms with Gasteiger partial charge in [-0.25, -0.2) is 4.98 Å². The SMILES string of the molecule is Cc1cn[nH]c1C[C@H]1CCCN(Cc2nccn2C(C)C)C1. The summed E-state index contributed by atoms with van der Waals surface area (Å²) in [7, 11) is 0. The number of aromatic amines is 1. The number of H-pyrrole nitrogens is 1. The molecule has 0 spiro atoms. The highest BCUT2D eigenvalue weighted by Crippen LogP contribution is 2.23. The van der Waals surface area contributed by atoms with E-state index < -0.39 is 0 Å². The molecular formula is C17H27N5. The Hall–Kier alpha value is -1.62. The van der Waals surface area contributed by atoms with E-state index in [0.29, 0.717) is 6.04 Å². The van der Waals surface area contributed by atoms with E-state index in [1.165, 1.54) is 36.5 Å². The fourth-order valence-corrected chi connectivity index (χ4v) is 3.47. The summed E-state index contributed by atoms with van der Waals surface area (Å²) in [5.74, 6) is 1.91. The number of hydrogen-bond acceptors (Lipinski definition) is 3. The van der Waals surface area contributed by atoms with Gasteiger partial charge in [0.1, 0.15) is 5.82 Å². The van der Waals surface area contributed by atoms with Gasteiger partial charge in [0.2, 0.25) is 0 Å². The normalized spacial score (nSPS) is 19.9. The summed E-state index contributed by atoms with van der Waals surface area (Å²) in [6, 6.07) is 0.478. The molecule has 5 nitrogen and oxygen atoms in total. The zero-order valence-corrected chi connectivity index (χ0v) is 13.9. The minimum Gasteiger partial charge on any atom is -0.331 e. The van der Waals surface area contributed by atoms with Crippen LogP contribution < -0.4 is 0 Å². The quantitative estimate of drug-likeness (QED) is 0.923. The van der Waals surface area contributed by atoms with Gasteiger partial charge in [0.25, 0.3) is 0 Å². The molecule has 3 rings (SSSR count). The Morgan fingerprint density at radius 1 is 1.41 bits per heavy atom. The number of aryl methyl sites for hydroxylation is 1. The lowest BCUT2D eigenvalue weighted by Gasteiger charge is -2.32. The average molecular weight is 301 g/mol. The van der Waals surface area contributed by atoms with Gasteiger partial charge < -0.3 is 4.57 Å². The summed E-state index contributed by atoms with van der Waals surface area (Å²) in [4.78, 5) is 7.11. The molecule has 1 N–H and O–H groups in total. The Morgan fingerprint density at radius 3 is 3.00 bits per heavy atom. The molecule has 0 bridgehead atoms. The van der Waals surface area contributed by atoms with Crippen molar-refractivity contribution < 1.29 is 0 Å². The van der Waals surface area contributed by atoms with Crippen molar-refractivity contribution in [2.75, 3.05) is 13.1 Å². The van der Waals surface area contributed by atoms with Crippen molar-refractivity contribution in [2.24, 2.45) is 5.92 Å². The lowest BCUT2D eigenvalue weighted by molar-refractivity contribution is 0.160. The zero-order valence-electron chi connectivity index (χ0n) is 13.9. The van der Waals surface area contributed by atoms with Crippen LogP contribution >= 0.6 is 0 Å². The van der Waals surface area contributed by atoms with Gasteiger partial charge in [0, 0.05) is 30.7 Å². The minimum atomic E-state index is 0.478. The maximum Gasteiger partial charge on any atom is 0.123 e. The van der Waals surface area contributed by atoms with E-state index in [1.54, 1.807) is 0 Å². The second kappa shape index (κ2) is 6.65. The van der Waals surface area contributed by atoms with E-state index in [-0.39, 0.29) is 0 Å². The van der Waals surface area contributed by atoms with Gasteiger partial charge in [-0.05, 0) is 58.1 Å². The van der Waals surface area contributed by atoms with Gasteiger partial charge >= 0.3 is 0 Å². The predicted octanol–water partition coefficient (Wildman–Crippen LogP) is 2.95. The summed E-state index contributed by atoms with van der Waals surface area (Å²) in [6.45, 7) is 9.87. The third-order valence-corrected chi connectivity index (χ3v) is 4.70. The van der Waals surface area contributed by atoms with Gasteiger partial charge in [0.15, 0.2) is 0 Å². The Labute approximate surface area is 132 Å². The monoisotopic (exact) mass is 301 g/mol. The van der Waals surface area contributed by atoms with Crippen LogP contribution in [0.5, 0.6) is 0 Å². The van der Waals surface area contributed by atoms with Crippen LogP contribution in [0.4, 0.5) is 0 Å². The van der Waals surface area contributed by atoms with Crippen molar-refractivity contribution in [3.63, 3.8) is 0 Å². The number of nitrogens with one attached hydrogen (secondary N) is 1. The van der Waals surface area contributed by atoms with Gasteiger partial charge in [0.05, 0.1) is 12.7 Å². The standard InChI is InChI=1S/C17H27N5/c1-13(2)22-8-6-18-17(22)12-21-7-4-5-15(11-21)9-16-14(3)10-19-20-16/h6,8,10,13,15H,4-5,7,9,11-12H2,1-3H3,(H,19,20)/t15-/m1/s1. The molecule has 0 amide bonds. The largest absolute Gasteiger partial charge is 0.331 e. The Balaban J connectivity index is 1.61. The number of aromatic nitrogens is 4. The molecular weight excluding hydrogens is 274 g/mol. The maximum absolute atomic E-state index is 4.55. The van der Waals surface area contributed by atoms with E-state index >= 15 is 0 Å². The lowest BCUT2D eigenvalue weighted by atomic mass is 9.92. The van der Waals surface area contributed by atoms with E-state index in [2.05, 4.69) is 51.6 Å². The first-order valence-corrected chi connectivity index (χ1v) is 8.36. The first-order chi connectivity index (χ1) is 10.6. The van der Waals surface area contributed by atoms with Gasteiger partial charge in [-0.3, -0.25) is 10.00 Å². The molecule has 0 aromatic carbocycles. The highest BCUT2D eigenvalue weighted by Gasteiger charge is 2.22. The minimum absolute atomic E-state index is 0.478. The fraction of sp³-hybridized carbons (Fsp3) is 0.647. The molecule has 0 saturated carbocycles. The second-order valence-electron chi connectivity index (χ2n) is 6.82. The lowest BCUT2D eigenvalue weighted by Crippen LogP contribution is -2.36. The Bertz CT molecular complexity index is 598. The summed E-state index contributed by atoms with van der Waals surface area (Å²) in [5.41, 5.74) is 2.59. The molecule has 1 fully saturated rings. The van der Waals surface area contributed by atoms with Crippen LogP contribution in [0.2, 0.25) is 0 Å². The van der Waals surface area contributed by atoms with Gasteiger partial charge in [-0.1, -0.05) is 0 Å². The molecule has 1 aliphatic heterocycles. The number of likely N-dealkylation sites (tertiary alicyclic amines) is 1. The number of imidazole rings is 1. The second-order valence-corrected chi connectivity index (χ2v) is 6.82. The van der Waals surface area contributed by atoms with Gasteiger partial charge in [-0.15, -0.1) is 0 Å². The summed E-state index contributed by atoms with van der Waals surface area (Å²) in [6.07, 6.45) is 9.64. The smallest absolute Gasteiger partial charge is 0.123 e. The van der Waals surface area contributed by atoms with Crippen molar-refractivity contribution in [1.29, 1.82) is 0 Å². The third kappa shape index (κ3) is 3.40. The van der Waals surface area contributed by atoms with Crippen LogP contribution in [0.15, 0.2) is 18.6 Å². The summed E-state index contributed by atoms with van der Waals surface area (Å²) < 4.78 is 2.28. The molecule has 5 heteroatoms. The molecule has 22 heavy (non-hydrogen) atoms. The average Bonchev–Trinajstić information content (AvgIpc) is 3.09. The molecule has 120 valence electrons. The molecule has 1 atom stereocenters. The van der Waals surface area contributed by atoms with Crippen molar-refractivity contribution in [1.82, 2.24) is 24.6 Å². The van der Waals surface area contributed by atoms with Crippen LogP contribution in [-0.4, -0.2) is 37.7 Å². The topological polar surface area (TPSA) is 49.7 Å². The van der Waals surface area contributed by atoms with Crippen LogP contribution in [0.25, 0.3) is 0 Å². The van der Waals surface area contributed by atoms with Crippen molar-refractivity contribution in [3.8, 4) is 0 Å². The molecule has 0 unspecified atom stereocenters. The number of rotatable bonds is 5. The number of hydrogen-bond donors (Lipinski definition) is 1. The van der Waals surface area contributed by atoms with Crippen molar-refractivity contribution in [2.45, 2.75) is 52.6 Å². The van der Waals surface area contributed by atoms with Crippen LogP contribution in [0.1, 0.15) is 49.8 Å². The summed E-state index contributed by atoms with van der Waals surface area (Å²) >= 11 is 0. The molecule has 1 saturated heterocycles. The maximum atomic E-state index is 4.55. The van der Waals surface area contributed by atoms with E-state index in [4.69, 9.17) is 0 Å². The van der Waals surface area contributed by atoms with Crippen LogP contribution in [0.3, 0.4) is 0 Å². The number of piperidine rings is 1. The molecule has 3 heterocycles. The summed E-state index contributed by atoms with van der Waals surface area (Å²) in [5, 5.41) is 7.30. The van der Waals surface area contributed by atoms with Crippen LogP contribution in [-0.2, 0) is 13.0 Å². The van der Waals surface area contributed by atoms with E-state index in [1.807, 2.05) is 12.4 Å². The predicted molar refractivity (Wildman–Crippen MR) is 87.6 cm³/mol. The van der Waals surface area contributed by atoms with Crippen molar-refractivity contribution in [3.05, 3.63) is 35.7 Å². The molecule has 2 aromatic rings. The van der Waals surface area contributed by atoms with E-state index in [9.17, 15) is 0 Å². The molecule has 0 radical (unpaired) electrons. The molecule has 1 aliphatic rings. The van der Waals surface area contributed by atoms with Crippen LogP contribution in [0, 0.1) is 12.8 Å². The Morgan fingerprint density at radius 2 is 2.27 bits per heavy atom. The zero-order chi connectivity index (χ0) is 15.5. The third-order valence-electron chi connectivity index (χ3n) is 4.70. The molecule has 0 aliphatic carbocycles. The van der Waals surface area contributed by atoms with Crippen molar-refractivity contribution >= 4 is 0 Å². The number of nitrogens with zero attached hydrogens (tertiary/aromatic N) is 4. The molecule has 2 aromatic heterocycles. The first kappa shape index (κ1) is 15.3. The highest BCUT2D eigenvalue weighted by molar-refractivity contribution is 5.14. The Kier molecular flexibility index (Phi) is 4.62. The van der Waals surface area contributed by atoms with Gasteiger partial charge in [-0.2, -0.15) is 5.10 Å². The fourth-order valence-electron chi connectivity index (χ4n) is 3.47.